The Morgan fingerprint density at radius 1 is 1.38 bits per heavy atom. The molecule has 3 N–H and O–H groups in total. The Kier molecular flexibility index (Phi) is 7.13. The summed E-state index contributed by atoms with van der Waals surface area (Å²) in [5, 5.41) is 3.03. The molecule has 0 aliphatic carbocycles. The highest BCUT2D eigenvalue weighted by Gasteiger charge is 2.31. The number of halogens is 2. The number of nitrogens with zero attached hydrogens (tertiary/aromatic N) is 1. The second-order valence-corrected chi connectivity index (χ2v) is 7.98. The van der Waals surface area contributed by atoms with Crippen molar-refractivity contribution in [2.24, 2.45) is 0 Å². The van der Waals surface area contributed by atoms with Crippen molar-refractivity contribution < 1.29 is 27.5 Å². The summed E-state index contributed by atoms with van der Waals surface area (Å²) in [6, 6.07) is 8.12. The van der Waals surface area contributed by atoms with Gasteiger partial charge in [0.1, 0.15) is 17.3 Å². The number of hydrogen-bond acceptors (Lipinski definition) is 6. The minimum absolute atomic E-state index is 0.0180. The molecule has 1 saturated heterocycles. The Bertz CT molecular complexity index is 1010. The molecular formula is C23H29ClFN3O4. The fourth-order valence-electron chi connectivity index (χ4n) is 3.67. The number of rotatable bonds is 9. The van der Waals surface area contributed by atoms with Gasteiger partial charge < -0.3 is 30.2 Å². The molecule has 1 aliphatic rings. The number of ether oxygens (including phenoxy) is 3. The van der Waals surface area contributed by atoms with Crippen LogP contribution in [0.25, 0.3) is 0 Å². The molecule has 174 valence electrons. The molecule has 1 heterocycles. The van der Waals surface area contributed by atoms with Crippen LogP contribution in [0.4, 0.5) is 10.1 Å². The van der Waals surface area contributed by atoms with Crippen LogP contribution in [-0.4, -0.2) is 63.3 Å². The number of hydrogen-bond donors (Lipinski definition) is 2. The van der Waals surface area contributed by atoms with Gasteiger partial charge in [-0.1, -0.05) is 11.6 Å². The lowest BCUT2D eigenvalue weighted by Gasteiger charge is -2.38. The average molecular weight is 470 g/mol. The van der Waals surface area contributed by atoms with E-state index in [0.717, 1.165) is 19.5 Å². The van der Waals surface area contributed by atoms with E-state index in [-0.39, 0.29) is 40.0 Å². The monoisotopic (exact) mass is 469 g/mol. The zero-order chi connectivity index (χ0) is 25.6. The lowest BCUT2D eigenvalue weighted by atomic mass is 10.0. The molecule has 2 atom stereocenters. The molecular weight excluding hydrogens is 438 g/mol. The number of benzene rings is 2. The number of carbonyl (C=O) groups is 1. The average Bonchev–Trinajstić information content (AvgIpc) is 2.79. The molecule has 2 aromatic carbocycles. The highest BCUT2D eigenvalue weighted by molar-refractivity contribution is 6.33. The molecule has 7 nitrogen and oxygen atoms in total. The van der Waals surface area contributed by atoms with E-state index in [1.165, 1.54) is 24.3 Å². The van der Waals surface area contributed by atoms with Crippen molar-refractivity contribution in [3.05, 3.63) is 52.8 Å². The summed E-state index contributed by atoms with van der Waals surface area (Å²) in [7, 11) is -1.18. The van der Waals surface area contributed by atoms with Gasteiger partial charge in [0.05, 0.1) is 46.2 Å². The van der Waals surface area contributed by atoms with Crippen LogP contribution in [0.2, 0.25) is 5.02 Å². The van der Waals surface area contributed by atoms with Gasteiger partial charge in [-0.25, -0.2) is 4.39 Å². The van der Waals surface area contributed by atoms with Crippen LogP contribution >= 0.6 is 11.6 Å². The van der Waals surface area contributed by atoms with Crippen LogP contribution in [0.5, 0.6) is 11.5 Å². The van der Waals surface area contributed by atoms with Crippen LogP contribution < -0.4 is 20.5 Å². The van der Waals surface area contributed by atoms with Crippen LogP contribution in [0.15, 0.2) is 36.4 Å². The summed E-state index contributed by atoms with van der Waals surface area (Å²) in [5.74, 6) is -0.387. The zero-order valence-electron chi connectivity index (χ0n) is 20.8. The van der Waals surface area contributed by atoms with Gasteiger partial charge in [0, 0.05) is 32.8 Å². The lowest BCUT2D eigenvalue weighted by Crippen LogP contribution is -2.55. The fraction of sp³-hybridized carbons (Fsp3) is 0.435. The third kappa shape index (κ3) is 6.25. The summed E-state index contributed by atoms with van der Waals surface area (Å²) in [5.41, 5.74) is 5.85. The second-order valence-electron chi connectivity index (χ2n) is 7.57. The summed E-state index contributed by atoms with van der Waals surface area (Å²) in [4.78, 5) is 15.2. The normalized spacial score (nSPS) is 20.7. The summed E-state index contributed by atoms with van der Waals surface area (Å²) < 4.78 is 51.3. The number of methoxy groups -OCH3 is 2. The molecule has 0 bridgehead atoms. The predicted molar refractivity (Wildman–Crippen MR) is 122 cm³/mol. The van der Waals surface area contributed by atoms with Gasteiger partial charge in [-0.15, -0.1) is 0 Å². The maximum Gasteiger partial charge on any atom is 0.255 e. The molecule has 1 fully saturated rings. The first kappa shape index (κ1) is 20.1. The van der Waals surface area contributed by atoms with Gasteiger partial charge >= 0.3 is 0 Å². The van der Waals surface area contributed by atoms with Crippen molar-refractivity contribution in [3.8, 4) is 11.5 Å². The first-order chi connectivity index (χ1) is 16.6. The third-order valence-corrected chi connectivity index (χ3v) is 5.74. The van der Waals surface area contributed by atoms with Gasteiger partial charge in [0.2, 0.25) is 0 Å². The Morgan fingerprint density at radius 3 is 2.88 bits per heavy atom. The number of nitrogens with two attached hydrogens (primary N) is 1. The smallest absolute Gasteiger partial charge is 0.255 e. The topological polar surface area (TPSA) is 86.0 Å². The van der Waals surface area contributed by atoms with Crippen molar-refractivity contribution >= 4 is 23.2 Å². The second kappa shape index (κ2) is 11.4. The molecule has 1 aliphatic heterocycles. The van der Waals surface area contributed by atoms with Crippen molar-refractivity contribution in [2.75, 3.05) is 46.1 Å². The van der Waals surface area contributed by atoms with Gasteiger partial charge in [0.15, 0.2) is 0 Å². The molecule has 0 aromatic heterocycles. The molecule has 0 radical (unpaired) electrons. The van der Waals surface area contributed by atoms with Crippen molar-refractivity contribution in [1.82, 2.24) is 10.2 Å². The maximum atomic E-state index is 13.0. The predicted octanol–water partition coefficient (Wildman–Crippen LogP) is 3.36. The number of anilines is 1. The van der Waals surface area contributed by atoms with E-state index in [0.29, 0.717) is 25.3 Å². The summed E-state index contributed by atoms with van der Waals surface area (Å²) >= 11 is 6.07. The zero-order valence-corrected chi connectivity index (χ0v) is 18.5. The standard InChI is InChI=1S/C23H29ClFN3O4/c1-30-21-13-19(26)18(24)12-17(21)23(29)27-20-8-10-28(14-22(20)31-2)9-3-11-32-16-6-4-15(25)5-7-16/h4-7,12-13,20,22H,3,8-11,14,26H2,1-2H3,(H,27,29)/t20-,22-/m1/s1/i1+1D3. The van der Waals surface area contributed by atoms with Crippen LogP contribution in [0.1, 0.15) is 27.3 Å². The third-order valence-electron chi connectivity index (χ3n) is 5.42. The van der Waals surface area contributed by atoms with E-state index in [1.54, 1.807) is 19.2 Å². The number of carbonyl (C=O) groups excluding carboxylic acids is 1. The molecule has 9 heteroatoms. The van der Waals surface area contributed by atoms with Gasteiger partial charge in [0.25, 0.3) is 5.91 Å². The number of nitrogens with one attached hydrogen (secondary N) is 1. The van der Waals surface area contributed by atoms with E-state index in [4.69, 9.17) is 35.7 Å². The van der Waals surface area contributed by atoms with Crippen LogP contribution in [0, 0.1) is 5.82 Å². The van der Waals surface area contributed by atoms with E-state index in [2.05, 4.69) is 10.2 Å². The van der Waals surface area contributed by atoms with E-state index >= 15 is 0 Å². The number of nitrogen functional groups attached to an aromatic ring is 1. The molecule has 0 saturated carbocycles. The highest BCUT2D eigenvalue weighted by Crippen LogP contribution is 2.29. The molecule has 2 aromatic rings. The van der Waals surface area contributed by atoms with E-state index in [1.807, 2.05) is 0 Å². The summed E-state index contributed by atoms with van der Waals surface area (Å²) in [6.45, 7) is 2.58. The molecule has 3 rings (SSSR count). The highest BCUT2D eigenvalue weighted by atomic mass is 35.5. The first-order valence-electron chi connectivity index (χ1n) is 11.8. The maximum absolute atomic E-state index is 13.0. The van der Waals surface area contributed by atoms with Crippen molar-refractivity contribution in [2.45, 2.75) is 25.0 Å². The lowest BCUT2D eigenvalue weighted by molar-refractivity contribution is 0.00527. The van der Waals surface area contributed by atoms with Crippen LogP contribution in [-0.2, 0) is 4.74 Å². The van der Waals surface area contributed by atoms with E-state index < -0.39 is 12.9 Å². The van der Waals surface area contributed by atoms with Crippen molar-refractivity contribution in [1.29, 1.82) is 0 Å². The quantitative estimate of drug-likeness (QED) is 0.333. The van der Waals surface area contributed by atoms with Crippen LogP contribution in [0.3, 0.4) is 0 Å². The Morgan fingerprint density at radius 2 is 2.16 bits per heavy atom. The minimum atomic E-state index is -2.75. The van der Waals surface area contributed by atoms with Gasteiger partial charge in [-0.2, -0.15) is 0 Å². The van der Waals surface area contributed by atoms with E-state index in [9.17, 15) is 9.18 Å². The largest absolute Gasteiger partial charge is 0.496 e. The Hall–Kier alpha value is -2.55. The first-order valence-corrected chi connectivity index (χ1v) is 10.7. The minimum Gasteiger partial charge on any atom is -0.496 e. The van der Waals surface area contributed by atoms with Gasteiger partial charge in [-0.05, 0) is 43.2 Å². The number of likely N-dealkylation sites (tertiary alicyclic amines) is 1. The Balaban J connectivity index is 1.54. The molecule has 0 spiro atoms. The van der Waals surface area contributed by atoms with Gasteiger partial charge in [-0.3, -0.25) is 4.79 Å². The number of piperidine rings is 1. The molecule has 1 amide bonds. The molecule has 32 heavy (non-hydrogen) atoms. The van der Waals surface area contributed by atoms with Crippen molar-refractivity contribution in [3.63, 3.8) is 0 Å². The summed E-state index contributed by atoms with van der Waals surface area (Å²) in [6.07, 6.45) is 1.12. The fourth-order valence-corrected chi connectivity index (χ4v) is 3.84. The Labute approximate surface area is 196 Å². The SMILES string of the molecule is [2H][13C]([2H])([2H])Oc1cc(N)c(Cl)cc1C(=O)N[C@@H]1CCN(CCCOc2ccc(F)cc2)C[C@H]1OC. The number of amides is 1. The molecule has 0 unspecified atom stereocenters.